The van der Waals surface area contributed by atoms with Crippen LogP contribution < -0.4 is 11.2 Å². The van der Waals surface area contributed by atoms with Gasteiger partial charge >= 0.3 is 6.03 Å². The van der Waals surface area contributed by atoms with Crippen LogP contribution in [-0.4, -0.2) is 94.1 Å². The highest BCUT2D eigenvalue weighted by molar-refractivity contribution is 6.39. The number of aromatic hydroxyl groups is 2. The van der Waals surface area contributed by atoms with E-state index in [2.05, 4.69) is 4.98 Å². The molecule has 5 atom stereocenters. The molecule has 4 amide bonds. The normalized spacial score (nSPS) is 24.4. The zero-order valence-electron chi connectivity index (χ0n) is 21.3. The van der Waals surface area contributed by atoms with Crippen LogP contribution >= 0.6 is 0 Å². The summed E-state index contributed by atoms with van der Waals surface area (Å²) in [6.07, 6.45) is -8.11. The number of imide groups is 1. The minimum atomic E-state index is -1.80. The number of aliphatic hydroxyl groups is 4. The molecular formula is C27H23N5O10. The standard InChI is InChI=1S/C27H23N5O10/c28-27(41)30-32-24(39)15-13-8-3-1-5-10(34)17(8)29-18(13)20-14(16(15)25(32)40)9-4-2-6-11(35)19(9)31(20)26-23(38)22(37)21(36)12(7-33)42-26/h1-6,12,21-23,26,29,33-38H,7H2,(H3,28,30,41)/t12-,21-,22+,23-,26-/m1/s1. The van der Waals surface area contributed by atoms with Crippen LogP contribution in [0.5, 0.6) is 11.5 Å². The molecule has 3 aromatic carbocycles. The van der Waals surface area contributed by atoms with Gasteiger partial charge in [-0.2, -0.15) is 5.01 Å². The lowest BCUT2D eigenvalue weighted by Crippen LogP contribution is -2.56. The number of ether oxygens (including phenoxy) is 1. The molecule has 15 nitrogen and oxygen atoms in total. The lowest BCUT2D eigenvalue weighted by atomic mass is 9.96. The van der Waals surface area contributed by atoms with Gasteiger partial charge in [0, 0.05) is 21.5 Å². The number of urea groups is 1. The van der Waals surface area contributed by atoms with E-state index in [1.165, 1.54) is 28.8 Å². The van der Waals surface area contributed by atoms with Gasteiger partial charge in [0.1, 0.15) is 35.9 Å². The number of nitrogens with one attached hydrogen (secondary N) is 2. The van der Waals surface area contributed by atoms with E-state index in [-0.39, 0.29) is 60.9 Å². The summed E-state index contributed by atoms with van der Waals surface area (Å²) in [7, 11) is 0. The van der Waals surface area contributed by atoms with Crippen molar-refractivity contribution in [3.8, 4) is 11.5 Å². The van der Waals surface area contributed by atoms with E-state index < -0.39 is 55.1 Å². The molecule has 7 rings (SSSR count). The number of hydrogen-bond acceptors (Lipinski definition) is 10. The molecule has 42 heavy (non-hydrogen) atoms. The monoisotopic (exact) mass is 577 g/mol. The van der Waals surface area contributed by atoms with Crippen molar-refractivity contribution < 1.29 is 49.8 Å². The van der Waals surface area contributed by atoms with E-state index in [0.717, 1.165) is 0 Å². The van der Waals surface area contributed by atoms with E-state index in [4.69, 9.17) is 10.5 Å². The van der Waals surface area contributed by atoms with Crippen molar-refractivity contribution in [1.29, 1.82) is 0 Å². The van der Waals surface area contributed by atoms with Gasteiger partial charge in [-0.3, -0.25) is 9.59 Å². The first-order chi connectivity index (χ1) is 20.1. The van der Waals surface area contributed by atoms with E-state index in [1.807, 2.05) is 5.43 Å². The summed E-state index contributed by atoms with van der Waals surface area (Å²) in [5.74, 6) is -2.36. The maximum absolute atomic E-state index is 13.8. The maximum Gasteiger partial charge on any atom is 0.331 e. The maximum atomic E-state index is 13.8. The smallest absolute Gasteiger partial charge is 0.331 e. The Bertz CT molecular complexity index is 2010. The van der Waals surface area contributed by atoms with Gasteiger partial charge in [0.15, 0.2) is 6.23 Å². The Kier molecular flexibility index (Phi) is 5.44. The number of H-pyrrole nitrogens is 1. The van der Waals surface area contributed by atoms with Gasteiger partial charge in [-0.05, 0) is 12.1 Å². The molecule has 15 heteroatoms. The third kappa shape index (κ3) is 3.18. The van der Waals surface area contributed by atoms with Crippen LogP contribution in [0.4, 0.5) is 4.79 Å². The molecule has 5 aromatic rings. The van der Waals surface area contributed by atoms with Gasteiger partial charge < -0.3 is 50.7 Å². The number of nitrogens with zero attached hydrogens (tertiary/aromatic N) is 2. The minimum absolute atomic E-state index is 0.0240. The second kappa shape index (κ2) is 8.78. The average molecular weight is 578 g/mol. The number of carbonyl (C=O) groups excluding carboxylic acids is 3. The number of benzene rings is 3. The minimum Gasteiger partial charge on any atom is -0.506 e. The van der Waals surface area contributed by atoms with Crippen LogP contribution in [0.25, 0.3) is 43.6 Å². The third-order valence-electron chi connectivity index (χ3n) is 7.98. The quantitative estimate of drug-likeness (QED) is 0.130. The number of carbonyl (C=O) groups is 3. The van der Waals surface area contributed by atoms with Crippen LogP contribution in [0.1, 0.15) is 26.9 Å². The van der Waals surface area contributed by atoms with Gasteiger partial charge in [-0.15, -0.1) is 0 Å². The molecule has 2 aliphatic rings. The van der Waals surface area contributed by atoms with Crippen LogP contribution in [0.2, 0.25) is 0 Å². The van der Waals surface area contributed by atoms with Crippen molar-refractivity contribution >= 4 is 61.5 Å². The number of rotatable bonds is 3. The second-order valence-corrected chi connectivity index (χ2v) is 10.2. The molecule has 4 heterocycles. The van der Waals surface area contributed by atoms with Crippen LogP contribution in [0.3, 0.4) is 0 Å². The summed E-state index contributed by atoms with van der Waals surface area (Å²) < 4.78 is 7.18. The molecule has 0 spiro atoms. The molecule has 2 aromatic heterocycles. The molecule has 1 fully saturated rings. The molecule has 216 valence electrons. The molecular weight excluding hydrogens is 554 g/mol. The Balaban J connectivity index is 1.71. The Labute approximate surface area is 233 Å². The van der Waals surface area contributed by atoms with Gasteiger partial charge in [0.25, 0.3) is 11.8 Å². The van der Waals surface area contributed by atoms with E-state index in [0.29, 0.717) is 10.4 Å². The Hall–Kier alpha value is -4.93. The van der Waals surface area contributed by atoms with Gasteiger partial charge in [-0.1, -0.05) is 24.3 Å². The van der Waals surface area contributed by atoms with E-state index in [1.54, 1.807) is 12.1 Å². The Morgan fingerprint density at radius 1 is 0.881 bits per heavy atom. The van der Waals surface area contributed by atoms with Gasteiger partial charge in [-0.25, -0.2) is 10.2 Å². The topological polar surface area (TPSA) is 244 Å². The van der Waals surface area contributed by atoms with E-state index in [9.17, 15) is 45.0 Å². The Morgan fingerprint density at radius 3 is 2.19 bits per heavy atom. The molecule has 10 N–H and O–H groups in total. The number of hydrogen-bond donors (Lipinski definition) is 9. The highest BCUT2D eigenvalue weighted by Gasteiger charge is 2.47. The number of aromatic nitrogens is 2. The summed E-state index contributed by atoms with van der Waals surface area (Å²) in [5, 5.41) is 65.1. The van der Waals surface area contributed by atoms with Crippen molar-refractivity contribution in [2.24, 2.45) is 5.73 Å². The number of amides is 4. The predicted molar refractivity (Wildman–Crippen MR) is 144 cm³/mol. The number of primary amides is 1. The third-order valence-corrected chi connectivity index (χ3v) is 7.98. The zero-order chi connectivity index (χ0) is 29.8. The summed E-state index contributed by atoms with van der Waals surface area (Å²) in [6, 6.07) is 7.73. The van der Waals surface area contributed by atoms with Crippen LogP contribution in [-0.2, 0) is 4.74 Å². The highest BCUT2D eigenvalue weighted by atomic mass is 16.6. The fourth-order valence-corrected chi connectivity index (χ4v) is 6.24. The van der Waals surface area contributed by atoms with Gasteiger partial charge in [0.2, 0.25) is 0 Å². The first-order valence-electron chi connectivity index (χ1n) is 12.8. The molecule has 0 unspecified atom stereocenters. The number of nitrogens with two attached hydrogens (primary N) is 1. The van der Waals surface area contributed by atoms with Crippen molar-refractivity contribution in [3.05, 3.63) is 47.5 Å². The summed E-state index contributed by atoms with van der Waals surface area (Å²) in [6.45, 7) is -0.726. The lowest BCUT2D eigenvalue weighted by Gasteiger charge is -2.41. The molecule has 0 aliphatic carbocycles. The van der Waals surface area contributed by atoms with Crippen molar-refractivity contribution in [1.82, 2.24) is 20.0 Å². The predicted octanol–water partition coefficient (Wildman–Crippen LogP) is -0.00810. The molecule has 2 aliphatic heterocycles. The number of para-hydroxylation sites is 2. The fraction of sp³-hybridized carbons (Fsp3) is 0.222. The highest BCUT2D eigenvalue weighted by Crippen LogP contribution is 2.49. The number of aromatic amines is 1. The molecule has 0 bridgehead atoms. The first kappa shape index (κ1) is 26.0. The van der Waals surface area contributed by atoms with Crippen molar-refractivity contribution in [2.45, 2.75) is 30.6 Å². The number of phenols is 2. The van der Waals surface area contributed by atoms with Crippen molar-refractivity contribution in [3.63, 3.8) is 0 Å². The number of hydrazine groups is 1. The Morgan fingerprint density at radius 2 is 1.52 bits per heavy atom. The fourth-order valence-electron chi connectivity index (χ4n) is 6.24. The summed E-state index contributed by atoms with van der Waals surface area (Å²) in [4.78, 5) is 42.3. The van der Waals surface area contributed by atoms with Crippen LogP contribution in [0, 0.1) is 0 Å². The number of fused-ring (bicyclic) bond motifs is 10. The zero-order valence-corrected chi connectivity index (χ0v) is 21.3. The SMILES string of the molecule is NC(=O)NN1C(=O)c2c(c3c4cccc(O)c4n([C@@H]4O[C@H](CO)[C@@H](O)[C@H](O)[C@H]4O)c3c3[nH]c4c(O)cccc4c23)C1=O. The molecule has 0 saturated carbocycles. The van der Waals surface area contributed by atoms with Crippen LogP contribution in [0.15, 0.2) is 36.4 Å². The molecule has 1 saturated heterocycles. The number of phenolic OH excluding ortho intramolecular Hbond substituents is 2. The summed E-state index contributed by atoms with van der Waals surface area (Å²) in [5.41, 5.74) is 7.50. The van der Waals surface area contributed by atoms with E-state index >= 15 is 0 Å². The average Bonchev–Trinajstić information content (AvgIpc) is 3.58. The second-order valence-electron chi connectivity index (χ2n) is 10.2. The first-order valence-corrected chi connectivity index (χ1v) is 12.8. The van der Waals surface area contributed by atoms with Crippen molar-refractivity contribution in [2.75, 3.05) is 6.61 Å². The molecule has 0 radical (unpaired) electrons. The summed E-state index contributed by atoms with van der Waals surface area (Å²) >= 11 is 0. The van der Waals surface area contributed by atoms with Gasteiger partial charge in [0.05, 0.1) is 39.8 Å². The lowest BCUT2D eigenvalue weighted by molar-refractivity contribution is -0.249. The largest absolute Gasteiger partial charge is 0.506 e. The number of aliphatic hydroxyl groups excluding tert-OH is 4.